The molecule has 0 aromatic carbocycles. The molecule has 82 valence electrons. The van der Waals surface area contributed by atoms with Gasteiger partial charge in [-0.3, -0.25) is 4.79 Å². The third-order valence-electron chi connectivity index (χ3n) is 2.47. The van der Waals surface area contributed by atoms with Crippen LogP contribution in [0.5, 0.6) is 0 Å². The van der Waals surface area contributed by atoms with Crippen molar-refractivity contribution < 1.29 is 14.3 Å². The van der Waals surface area contributed by atoms with Crippen LogP contribution in [0.4, 0.5) is 0 Å². The van der Waals surface area contributed by atoms with Crippen LogP contribution in [0.3, 0.4) is 0 Å². The van der Waals surface area contributed by atoms with E-state index in [2.05, 4.69) is 0 Å². The molecular formula is C9H16ClNO3. The van der Waals surface area contributed by atoms with E-state index in [1.807, 2.05) is 0 Å². The Hall–Kier alpha value is -0.320. The fourth-order valence-corrected chi connectivity index (χ4v) is 1.77. The molecule has 4 nitrogen and oxygen atoms in total. The van der Waals surface area contributed by atoms with E-state index < -0.39 is 5.38 Å². The van der Waals surface area contributed by atoms with Crippen LogP contribution in [0.15, 0.2) is 0 Å². The summed E-state index contributed by atoms with van der Waals surface area (Å²) in [5.41, 5.74) is 0. The summed E-state index contributed by atoms with van der Waals surface area (Å²) in [7, 11) is 3.24. The maximum atomic E-state index is 11.6. The van der Waals surface area contributed by atoms with Crippen molar-refractivity contribution in [2.75, 3.05) is 27.3 Å². The standard InChI is InChI=1S/C9H16ClNO3/c1-6(10)9(12)11-4-7(13-2)8(5-11)14-3/h6-8H,4-5H2,1-3H3/t6-,7+,8+/m0/s1. The number of hydrogen-bond donors (Lipinski definition) is 0. The Kier molecular flexibility index (Phi) is 4.16. The zero-order chi connectivity index (χ0) is 10.7. The number of ether oxygens (including phenoxy) is 2. The Morgan fingerprint density at radius 2 is 1.79 bits per heavy atom. The predicted octanol–water partition coefficient (Wildman–Crippen LogP) is 0.486. The van der Waals surface area contributed by atoms with E-state index in [-0.39, 0.29) is 18.1 Å². The number of hydrogen-bond acceptors (Lipinski definition) is 3. The van der Waals surface area contributed by atoms with Crippen LogP contribution in [-0.2, 0) is 14.3 Å². The van der Waals surface area contributed by atoms with Crippen LogP contribution < -0.4 is 0 Å². The Balaban J connectivity index is 2.57. The van der Waals surface area contributed by atoms with Crippen LogP contribution in [0.25, 0.3) is 0 Å². The molecule has 1 heterocycles. The molecule has 14 heavy (non-hydrogen) atoms. The summed E-state index contributed by atoms with van der Waals surface area (Å²) >= 11 is 5.72. The molecule has 1 amide bonds. The van der Waals surface area contributed by atoms with Crippen molar-refractivity contribution in [3.63, 3.8) is 0 Å². The van der Waals surface area contributed by atoms with Crippen molar-refractivity contribution in [1.82, 2.24) is 4.90 Å². The summed E-state index contributed by atoms with van der Waals surface area (Å²) in [6.45, 7) is 2.79. The highest BCUT2D eigenvalue weighted by Gasteiger charge is 2.36. The smallest absolute Gasteiger partial charge is 0.240 e. The lowest BCUT2D eigenvalue weighted by Crippen LogP contribution is -2.34. The van der Waals surface area contributed by atoms with E-state index in [4.69, 9.17) is 21.1 Å². The van der Waals surface area contributed by atoms with Gasteiger partial charge in [-0.1, -0.05) is 0 Å². The Morgan fingerprint density at radius 3 is 2.07 bits per heavy atom. The summed E-state index contributed by atoms with van der Waals surface area (Å²) in [6, 6.07) is 0. The first-order chi connectivity index (χ1) is 6.60. The minimum Gasteiger partial charge on any atom is -0.377 e. The number of nitrogens with zero attached hydrogens (tertiary/aromatic N) is 1. The van der Waals surface area contributed by atoms with Gasteiger partial charge in [0.2, 0.25) is 5.91 Å². The largest absolute Gasteiger partial charge is 0.377 e. The second-order valence-corrected chi connectivity index (χ2v) is 4.06. The molecule has 3 atom stereocenters. The fraction of sp³-hybridized carbons (Fsp3) is 0.889. The number of likely N-dealkylation sites (tertiary alicyclic amines) is 1. The van der Waals surface area contributed by atoms with Crippen LogP contribution in [0, 0.1) is 0 Å². The first kappa shape index (κ1) is 11.8. The third kappa shape index (κ3) is 2.38. The second-order valence-electron chi connectivity index (χ2n) is 3.41. The number of methoxy groups -OCH3 is 2. The molecular weight excluding hydrogens is 206 g/mol. The van der Waals surface area contributed by atoms with E-state index in [9.17, 15) is 4.79 Å². The number of carbonyl (C=O) groups is 1. The SMILES string of the molecule is CO[C@@H]1CN(C(=O)[C@H](C)Cl)C[C@H]1OC. The molecule has 1 aliphatic rings. The van der Waals surface area contributed by atoms with Crippen LogP contribution >= 0.6 is 11.6 Å². The quantitative estimate of drug-likeness (QED) is 0.651. The van der Waals surface area contributed by atoms with Crippen LogP contribution in [-0.4, -0.2) is 55.7 Å². The molecule has 0 spiro atoms. The number of alkyl halides is 1. The first-order valence-corrected chi connectivity index (χ1v) is 5.02. The topological polar surface area (TPSA) is 38.8 Å². The monoisotopic (exact) mass is 221 g/mol. The summed E-state index contributed by atoms with van der Waals surface area (Å²) in [5, 5.41) is -0.483. The van der Waals surface area contributed by atoms with Crippen molar-refractivity contribution in [1.29, 1.82) is 0 Å². The van der Waals surface area contributed by atoms with Gasteiger partial charge in [0.05, 0.1) is 0 Å². The van der Waals surface area contributed by atoms with Crippen LogP contribution in [0.1, 0.15) is 6.92 Å². The number of carbonyl (C=O) groups excluding carboxylic acids is 1. The lowest BCUT2D eigenvalue weighted by molar-refractivity contribution is -0.130. The average molecular weight is 222 g/mol. The number of amides is 1. The van der Waals surface area contributed by atoms with Crippen molar-refractivity contribution in [3.05, 3.63) is 0 Å². The van der Waals surface area contributed by atoms with Crippen molar-refractivity contribution >= 4 is 17.5 Å². The highest BCUT2D eigenvalue weighted by molar-refractivity contribution is 6.30. The zero-order valence-corrected chi connectivity index (χ0v) is 9.45. The molecule has 0 aromatic rings. The number of halogens is 1. The average Bonchev–Trinajstić information content (AvgIpc) is 2.59. The molecule has 0 saturated carbocycles. The molecule has 0 N–H and O–H groups in total. The van der Waals surface area contributed by atoms with Gasteiger partial charge >= 0.3 is 0 Å². The summed E-state index contributed by atoms with van der Waals surface area (Å²) < 4.78 is 10.4. The molecule has 0 bridgehead atoms. The first-order valence-electron chi connectivity index (χ1n) is 4.58. The number of rotatable bonds is 3. The van der Waals surface area contributed by atoms with Gasteiger partial charge in [0.1, 0.15) is 17.6 Å². The minimum absolute atomic E-state index is 0.0423. The molecule has 1 fully saturated rings. The fourth-order valence-electron chi connectivity index (χ4n) is 1.63. The second kappa shape index (κ2) is 4.96. The Morgan fingerprint density at radius 1 is 1.36 bits per heavy atom. The van der Waals surface area contributed by atoms with E-state index in [0.717, 1.165) is 0 Å². The maximum Gasteiger partial charge on any atom is 0.240 e. The molecule has 0 aliphatic carbocycles. The highest BCUT2D eigenvalue weighted by Crippen LogP contribution is 2.17. The molecule has 1 rings (SSSR count). The van der Waals surface area contributed by atoms with Gasteiger partial charge in [-0.05, 0) is 6.92 Å². The van der Waals surface area contributed by atoms with Gasteiger partial charge in [0.25, 0.3) is 0 Å². The Bertz CT molecular complexity index is 198. The molecule has 0 unspecified atom stereocenters. The normalized spacial score (nSPS) is 29.3. The van der Waals surface area contributed by atoms with Crippen LogP contribution in [0.2, 0.25) is 0 Å². The van der Waals surface area contributed by atoms with Gasteiger partial charge < -0.3 is 14.4 Å². The van der Waals surface area contributed by atoms with Gasteiger partial charge in [0.15, 0.2) is 0 Å². The van der Waals surface area contributed by atoms with Crippen molar-refractivity contribution in [2.24, 2.45) is 0 Å². The van der Waals surface area contributed by atoms with Gasteiger partial charge in [-0.15, -0.1) is 11.6 Å². The molecule has 1 saturated heterocycles. The van der Waals surface area contributed by atoms with E-state index in [0.29, 0.717) is 13.1 Å². The third-order valence-corrected chi connectivity index (χ3v) is 2.66. The highest BCUT2D eigenvalue weighted by atomic mass is 35.5. The van der Waals surface area contributed by atoms with Crippen molar-refractivity contribution in [2.45, 2.75) is 24.5 Å². The minimum atomic E-state index is -0.483. The Labute approximate surface area is 89.1 Å². The van der Waals surface area contributed by atoms with E-state index in [1.54, 1.807) is 26.0 Å². The molecule has 5 heteroatoms. The van der Waals surface area contributed by atoms with E-state index >= 15 is 0 Å². The molecule has 0 radical (unpaired) electrons. The molecule has 1 aliphatic heterocycles. The van der Waals surface area contributed by atoms with E-state index in [1.165, 1.54) is 0 Å². The lowest BCUT2D eigenvalue weighted by Gasteiger charge is -2.16. The maximum absolute atomic E-state index is 11.6. The zero-order valence-electron chi connectivity index (χ0n) is 8.70. The molecule has 0 aromatic heterocycles. The van der Waals surface area contributed by atoms with Gasteiger partial charge in [0, 0.05) is 27.3 Å². The van der Waals surface area contributed by atoms with Crippen molar-refractivity contribution in [3.8, 4) is 0 Å². The predicted molar refractivity (Wildman–Crippen MR) is 53.5 cm³/mol. The summed E-state index contributed by atoms with van der Waals surface area (Å²) in [6.07, 6.45) is -0.0845. The van der Waals surface area contributed by atoms with Gasteiger partial charge in [-0.25, -0.2) is 0 Å². The summed E-state index contributed by atoms with van der Waals surface area (Å²) in [4.78, 5) is 13.2. The van der Waals surface area contributed by atoms with Gasteiger partial charge in [-0.2, -0.15) is 0 Å². The summed E-state index contributed by atoms with van der Waals surface area (Å²) in [5.74, 6) is -0.0618. The lowest BCUT2D eigenvalue weighted by atomic mass is 10.3.